The van der Waals surface area contributed by atoms with Crippen LogP contribution in [0.15, 0.2) is 42.5 Å². The van der Waals surface area contributed by atoms with E-state index in [0.717, 1.165) is 49.2 Å². The van der Waals surface area contributed by atoms with Crippen LogP contribution >= 0.6 is 0 Å². The Hall–Kier alpha value is -1.91. The standard InChI is InChI=1S/C19H23NO3/c1-19(18(21)22,9-10-20-11-13-23-14-12-20)17-8-4-6-15-5-2-3-7-16(15)17/h2-8H,9-14H2,1H3,(H,21,22). The lowest BCUT2D eigenvalue weighted by Gasteiger charge is -2.32. The Labute approximate surface area is 136 Å². The van der Waals surface area contributed by atoms with E-state index in [1.54, 1.807) is 0 Å². The summed E-state index contributed by atoms with van der Waals surface area (Å²) in [6, 6.07) is 13.9. The van der Waals surface area contributed by atoms with Crippen molar-refractivity contribution >= 4 is 16.7 Å². The number of carboxylic acids is 1. The van der Waals surface area contributed by atoms with E-state index >= 15 is 0 Å². The first kappa shape index (κ1) is 16.0. The molecule has 1 aliphatic heterocycles. The molecular formula is C19H23NO3. The van der Waals surface area contributed by atoms with Gasteiger partial charge in [-0.15, -0.1) is 0 Å². The Kier molecular flexibility index (Phi) is 4.64. The molecule has 0 amide bonds. The van der Waals surface area contributed by atoms with Crippen LogP contribution in [0.25, 0.3) is 10.8 Å². The molecule has 0 spiro atoms. The summed E-state index contributed by atoms with van der Waals surface area (Å²) in [6.45, 7) is 5.85. The number of hydrogen-bond acceptors (Lipinski definition) is 3. The third-order valence-electron chi connectivity index (χ3n) is 4.89. The Morgan fingerprint density at radius 2 is 1.87 bits per heavy atom. The largest absolute Gasteiger partial charge is 0.481 e. The lowest BCUT2D eigenvalue weighted by atomic mass is 9.77. The Morgan fingerprint density at radius 1 is 1.17 bits per heavy atom. The van der Waals surface area contributed by atoms with Crippen molar-refractivity contribution in [3.8, 4) is 0 Å². The van der Waals surface area contributed by atoms with Crippen LogP contribution in [-0.2, 0) is 14.9 Å². The van der Waals surface area contributed by atoms with Crippen molar-refractivity contribution in [2.24, 2.45) is 0 Å². The average molecular weight is 313 g/mol. The van der Waals surface area contributed by atoms with Crippen molar-refractivity contribution in [1.29, 1.82) is 0 Å². The van der Waals surface area contributed by atoms with Gasteiger partial charge in [0.05, 0.1) is 18.6 Å². The number of aliphatic carboxylic acids is 1. The molecule has 1 saturated heterocycles. The predicted molar refractivity (Wildman–Crippen MR) is 90.8 cm³/mol. The molecule has 1 N–H and O–H groups in total. The molecule has 4 nitrogen and oxygen atoms in total. The van der Waals surface area contributed by atoms with E-state index in [1.807, 2.05) is 49.4 Å². The van der Waals surface area contributed by atoms with Gasteiger partial charge in [0.2, 0.25) is 0 Å². The highest BCUT2D eigenvalue weighted by atomic mass is 16.5. The van der Waals surface area contributed by atoms with E-state index < -0.39 is 11.4 Å². The molecule has 0 aliphatic carbocycles. The monoisotopic (exact) mass is 313 g/mol. The second-order valence-corrected chi connectivity index (χ2v) is 6.37. The maximum absolute atomic E-state index is 12.1. The van der Waals surface area contributed by atoms with Crippen LogP contribution in [0, 0.1) is 0 Å². The summed E-state index contributed by atoms with van der Waals surface area (Å²) in [7, 11) is 0. The molecule has 2 aromatic carbocycles. The van der Waals surface area contributed by atoms with Gasteiger partial charge in [0.1, 0.15) is 0 Å². The lowest BCUT2D eigenvalue weighted by Crippen LogP contribution is -2.41. The minimum Gasteiger partial charge on any atom is -0.481 e. The van der Waals surface area contributed by atoms with Gasteiger partial charge < -0.3 is 9.84 Å². The highest BCUT2D eigenvalue weighted by Crippen LogP contribution is 2.34. The van der Waals surface area contributed by atoms with Crippen LogP contribution < -0.4 is 0 Å². The van der Waals surface area contributed by atoms with Gasteiger partial charge in [0.15, 0.2) is 0 Å². The minimum atomic E-state index is -0.890. The topological polar surface area (TPSA) is 49.8 Å². The number of carboxylic acid groups (broad SMARTS) is 1. The van der Waals surface area contributed by atoms with Crippen molar-refractivity contribution < 1.29 is 14.6 Å². The van der Waals surface area contributed by atoms with Crippen LogP contribution in [0.1, 0.15) is 18.9 Å². The maximum Gasteiger partial charge on any atom is 0.313 e. The zero-order chi connectivity index (χ0) is 16.3. The fraction of sp³-hybridized carbons (Fsp3) is 0.421. The van der Waals surface area contributed by atoms with Gasteiger partial charge in [-0.3, -0.25) is 9.69 Å². The third-order valence-corrected chi connectivity index (χ3v) is 4.89. The summed E-state index contributed by atoms with van der Waals surface area (Å²) in [6.07, 6.45) is 0.594. The van der Waals surface area contributed by atoms with Crippen LogP contribution in [0.3, 0.4) is 0 Å². The fourth-order valence-corrected chi connectivity index (χ4v) is 3.27. The summed E-state index contributed by atoms with van der Waals surface area (Å²) >= 11 is 0. The summed E-state index contributed by atoms with van der Waals surface area (Å²) in [5.41, 5.74) is 0.00969. The summed E-state index contributed by atoms with van der Waals surface area (Å²) in [5.74, 6) is -0.762. The second-order valence-electron chi connectivity index (χ2n) is 6.37. The molecular weight excluding hydrogens is 290 g/mol. The van der Waals surface area contributed by atoms with Crippen molar-refractivity contribution in [2.45, 2.75) is 18.8 Å². The number of benzene rings is 2. The van der Waals surface area contributed by atoms with Crippen molar-refractivity contribution in [2.75, 3.05) is 32.8 Å². The highest BCUT2D eigenvalue weighted by molar-refractivity contribution is 5.92. The number of nitrogens with zero attached hydrogens (tertiary/aromatic N) is 1. The first-order valence-electron chi connectivity index (χ1n) is 8.13. The van der Waals surface area contributed by atoms with E-state index in [9.17, 15) is 9.90 Å². The quantitative estimate of drug-likeness (QED) is 0.922. The summed E-state index contributed by atoms with van der Waals surface area (Å²) < 4.78 is 5.36. The number of ether oxygens (including phenoxy) is 1. The molecule has 3 rings (SSSR count). The molecule has 0 radical (unpaired) electrons. The van der Waals surface area contributed by atoms with E-state index in [2.05, 4.69) is 4.90 Å². The molecule has 1 heterocycles. The van der Waals surface area contributed by atoms with Gasteiger partial charge in [0.25, 0.3) is 0 Å². The highest BCUT2D eigenvalue weighted by Gasteiger charge is 2.36. The molecule has 122 valence electrons. The number of rotatable bonds is 5. The molecule has 4 heteroatoms. The molecule has 2 aromatic rings. The smallest absolute Gasteiger partial charge is 0.313 e. The normalized spacial score (nSPS) is 18.7. The molecule has 1 atom stereocenters. The van der Waals surface area contributed by atoms with Gasteiger partial charge in [0, 0.05) is 13.1 Å². The van der Waals surface area contributed by atoms with Crippen LogP contribution in [0.2, 0.25) is 0 Å². The SMILES string of the molecule is CC(CCN1CCOCC1)(C(=O)O)c1cccc2ccccc12. The molecule has 0 bridgehead atoms. The van der Waals surface area contributed by atoms with Gasteiger partial charge in [-0.05, 0) is 36.2 Å². The summed E-state index contributed by atoms with van der Waals surface area (Å²) in [5, 5.41) is 12.0. The number of carbonyl (C=O) groups is 1. The van der Waals surface area contributed by atoms with Crippen LogP contribution in [-0.4, -0.2) is 48.8 Å². The van der Waals surface area contributed by atoms with Crippen LogP contribution in [0.5, 0.6) is 0 Å². The van der Waals surface area contributed by atoms with Crippen LogP contribution in [0.4, 0.5) is 0 Å². The first-order valence-corrected chi connectivity index (χ1v) is 8.13. The Balaban J connectivity index is 1.91. The molecule has 1 aliphatic rings. The van der Waals surface area contributed by atoms with E-state index in [4.69, 9.17) is 4.74 Å². The lowest BCUT2D eigenvalue weighted by molar-refractivity contribution is -0.143. The van der Waals surface area contributed by atoms with Crippen molar-refractivity contribution in [3.63, 3.8) is 0 Å². The molecule has 1 fully saturated rings. The third kappa shape index (κ3) is 3.23. The first-order chi connectivity index (χ1) is 11.1. The van der Waals surface area contributed by atoms with E-state index in [-0.39, 0.29) is 0 Å². The zero-order valence-corrected chi connectivity index (χ0v) is 13.5. The van der Waals surface area contributed by atoms with Gasteiger partial charge in [-0.25, -0.2) is 0 Å². The molecule has 0 aromatic heterocycles. The van der Waals surface area contributed by atoms with Gasteiger partial charge in [-0.1, -0.05) is 42.5 Å². The Bertz CT molecular complexity index is 689. The number of hydrogen-bond donors (Lipinski definition) is 1. The zero-order valence-electron chi connectivity index (χ0n) is 13.5. The van der Waals surface area contributed by atoms with E-state index in [1.165, 1.54) is 0 Å². The summed E-state index contributed by atoms with van der Waals surface area (Å²) in [4.78, 5) is 14.4. The number of morpholine rings is 1. The Morgan fingerprint density at radius 3 is 2.61 bits per heavy atom. The van der Waals surface area contributed by atoms with Gasteiger partial charge >= 0.3 is 5.97 Å². The van der Waals surface area contributed by atoms with E-state index in [0.29, 0.717) is 6.42 Å². The predicted octanol–water partition coefficient (Wildman–Crippen LogP) is 2.90. The maximum atomic E-state index is 12.1. The molecule has 0 saturated carbocycles. The van der Waals surface area contributed by atoms with Gasteiger partial charge in [-0.2, -0.15) is 0 Å². The minimum absolute atomic E-state index is 0.594. The fourth-order valence-electron chi connectivity index (χ4n) is 3.27. The molecule has 1 unspecified atom stereocenters. The average Bonchev–Trinajstić information content (AvgIpc) is 2.60. The van der Waals surface area contributed by atoms with Crippen molar-refractivity contribution in [3.05, 3.63) is 48.0 Å². The number of fused-ring (bicyclic) bond motifs is 1. The van der Waals surface area contributed by atoms with Crippen molar-refractivity contribution in [1.82, 2.24) is 4.90 Å². The molecule has 23 heavy (non-hydrogen) atoms. The second kappa shape index (κ2) is 6.69.